The average Bonchev–Trinajstić information content (AvgIpc) is 2.77. The molecule has 0 unspecified atom stereocenters. The first kappa shape index (κ1) is 16.7. The summed E-state index contributed by atoms with van der Waals surface area (Å²) >= 11 is 0. The molecule has 1 aromatic carbocycles. The number of carboxylic acids is 1. The number of nitrogens with zero attached hydrogens (tertiary/aromatic N) is 2. The molecule has 0 bridgehead atoms. The highest BCUT2D eigenvalue weighted by atomic mass is 16.4. The van der Waals surface area contributed by atoms with Crippen LogP contribution in [0.4, 0.5) is 0 Å². The maximum atomic E-state index is 12.2. The number of carbonyl (C=O) groups is 4. The zero-order valence-electron chi connectivity index (χ0n) is 12.8. The van der Waals surface area contributed by atoms with Crippen molar-refractivity contribution >= 4 is 23.7 Å². The van der Waals surface area contributed by atoms with Gasteiger partial charge < -0.3 is 10.0 Å². The first-order valence-corrected chi connectivity index (χ1v) is 7.40. The number of carbonyl (C=O) groups excluding carboxylic acids is 3. The lowest BCUT2D eigenvalue weighted by Gasteiger charge is -2.21. The minimum absolute atomic E-state index is 0.00521. The molecule has 1 heterocycles. The largest absolute Gasteiger partial charge is 0.481 e. The van der Waals surface area contributed by atoms with Gasteiger partial charge in [0.1, 0.15) is 0 Å². The first-order valence-electron chi connectivity index (χ1n) is 7.40. The standard InChI is InChI=1S/C16H18N2O5/c1-2-17(9-8-14(20)21)13(19)7-10-18-15(22)11-5-3-4-6-12(11)16(18)23/h3-6H,2,7-10H2,1H3,(H,20,21). The molecule has 0 aromatic heterocycles. The van der Waals surface area contributed by atoms with Gasteiger partial charge in [0.05, 0.1) is 17.5 Å². The number of benzene rings is 1. The third-order valence-electron chi connectivity index (χ3n) is 3.76. The molecule has 2 rings (SSSR count). The summed E-state index contributed by atoms with van der Waals surface area (Å²) in [6.07, 6.45) is -0.147. The number of fused-ring (bicyclic) bond motifs is 1. The molecule has 0 radical (unpaired) electrons. The highest BCUT2D eigenvalue weighted by molar-refractivity contribution is 6.21. The number of hydrogen-bond donors (Lipinski definition) is 1. The number of aliphatic carboxylic acids is 1. The van der Waals surface area contributed by atoms with Crippen molar-refractivity contribution in [3.63, 3.8) is 0 Å². The van der Waals surface area contributed by atoms with Gasteiger partial charge in [-0.3, -0.25) is 24.1 Å². The molecule has 7 nitrogen and oxygen atoms in total. The van der Waals surface area contributed by atoms with Crippen LogP contribution in [0.1, 0.15) is 40.5 Å². The molecule has 122 valence electrons. The Morgan fingerprint density at radius 1 is 1.09 bits per heavy atom. The molecule has 0 saturated carbocycles. The van der Waals surface area contributed by atoms with Gasteiger partial charge in [0.2, 0.25) is 5.91 Å². The Hall–Kier alpha value is -2.70. The van der Waals surface area contributed by atoms with E-state index in [0.29, 0.717) is 17.7 Å². The summed E-state index contributed by atoms with van der Waals surface area (Å²) in [4.78, 5) is 49.5. The van der Waals surface area contributed by atoms with Gasteiger partial charge in [0.15, 0.2) is 0 Å². The molecule has 1 aliphatic rings. The van der Waals surface area contributed by atoms with Gasteiger partial charge in [0.25, 0.3) is 11.8 Å². The summed E-state index contributed by atoms with van der Waals surface area (Å²) in [5.41, 5.74) is 0.700. The van der Waals surface area contributed by atoms with Crippen molar-refractivity contribution in [3.8, 4) is 0 Å². The van der Waals surface area contributed by atoms with E-state index in [1.807, 2.05) is 0 Å². The first-order chi connectivity index (χ1) is 11.0. The van der Waals surface area contributed by atoms with Crippen LogP contribution in [0, 0.1) is 0 Å². The van der Waals surface area contributed by atoms with Crippen molar-refractivity contribution in [2.75, 3.05) is 19.6 Å². The lowest BCUT2D eigenvalue weighted by Crippen LogP contribution is -2.37. The second kappa shape index (κ2) is 7.04. The van der Waals surface area contributed by atoms with Gasteiger partial charge in [-0.25, -0.2) is 0 Å². The molecule has 0 spiro atoms. The van der Waals surface area contributed by atoms with Crippen molar-refractivity contribution in [1.29, 1.82) is 0 Å². The van der Waals surface area contributed by atoms with Gasteiger partial charge in [0, 0.05) is 26.1 Å². The van der Waals surface area contributed by atoms with Crippen molar-refractivity contribution in [1.82, 2.24) is 9.80 Å². The Labute approximate surface area is 133 Å². The van der Waals surface area contributed by atoms with Crippen LogP contribution < -0.4 is 0 Å². The zero-order valence-corrected chi connectivity index (χ0v) is 12.8. The summed E-state index contributed by atoms with van der Waals surface area (Å²) in [6.45, 7) is 2.25. The zero-order chi connectivity index (χ0) is 17.0. The minimum atomic E-state index is -0.975. The summed E-state index contributed by atoms with van der Waals surface area (Å²) in [5.74, 6) is -2.04. The Balaban J connectivity index is 1.96. The predicted octanol–water partition coefficient (Wildman–Crippen LogP) is 0.996. The van der Waals surface area contributed by atoms with E-state index in [9.17, 15) is 19.2 Å². The molecule has 0 saturated heterocycles. The number of carboxylic acid groups (broad SMARTS) is 1. The lowest BCUT2D eigenvalue weighted by atomic mass is 10.1. The Morgan fingerprint density at radius 3 is 2.13 bits per heavy atom. The monoisotopic (exact) mass is 318 g/mol. The maximum Gasteiger partial charge on any atom is 0.305 e. The molecule has 1 N–H and O–H groups in total. The average molecular weight is 318 g/mol. The summed E-state index contributed by atoms with van der Waals surface area (Å²) in [5, 5.41) is 8.68. The van der Waals surface area contributed by atoms with Gasteiger partial charge in [-0.15, -0.1) is 0 Å². The van der Waals surface area contributed by atoms with Crippen LogP contribution in [0.25, 0.3) is 0 Å². The van der Waals surface area contributed by atoms with E-state index < -0.39 is 17.8 Å². The van der Waals surface area contributed by atoms with Crippen LogP contribution in [0.2, 0.25) is 0 Å². The molecule has 0 fully saturated rings. The van der Waals surface area contributed by atoms with Gasteiger partial charge in [-0.05, 0) is 19.1 Å². The fourth-order valence-corrected chi connectivity index (χ4v) is 2.50. The molecule has 0 aliphatic carbocycles. The summed E-state index contributed by atoms with van der Waals surface area (Å²) in [6, 6.07) is 6.54. The van der Waals surface area contributed by atoms with Crippen LogP contribution in [0.5, 0.6) is 0 Å². The molecular formula is C16H18N2O5. The Morgan fingerprint density at radius 2 is 1.65 bits per heavy atom. The van der Waals surface area contributed by atoms with Crippen molar-refractivity contribution < 1.29 is 24.3 Å². The Bertz CT molecular complexity index is 621. The summed E-state index contributed by atoms with van der Waals surface area (Å²) in [7, 11) is 0. The van der Waals surface area contributed by atoms with E-state index in [1.54, 1.807) is 31.2 Å². The molecule has 0 atom stereocenters. The fraction of sp³-hybridized carbons (Fsp3) is 0.375. The normalized spacial score (nSPS) is 13.2. The van der Waals surface area contributed by atoms with E-state index in [1.165, 1.54) is 4.90 Å². The van der Waals surface area contributed by atoms with Crippen LogP contribution >= 0.6 is 0 Å². The van der Waals surface area contributed by atoms with Crippen molar-refractivity contribution in [2.24, 2.45) is 0 Å². The van der Waals surface area contributed by atoms with Crippen LogP contribution in [-0.4, -0.2) is 58.2 Å². The van der Waals surface area contributed by atoms with Crippen molar-refractivity contribution in [3.05, 3.63) is 35.4 Å². The predicted molar refractivity (Wildman–Crippen MR) is 80.9 cm³/mol. The molecule has 1 aromatic rings. The van der Waals surface area contributed by atoms with E-state index in [4.69, 9.17) is 5.11 Å². The Kier molecular flexibility index (Phi) is 5.10. The van der Waals surface area contributed by atoms with Crippen LogP contribution in [-0.2, 0) is 9.59 Å². The fourth-order valence-electron chi connectivity index (χ4n) is 2.50. The summed E-state index contributed by atoms with van der Waals surface area (Å²) < 4.78 is 0. The number of hydrogen-bond acceptors (Lipinski definition) is 4. The van der Waals surface area contributed by atoms with Gasteiger partial charge >= 0.3 is 5.97 Å². The van der Waals surface area contributed by atoms with E-state index in [0.717, 1.165) is 4.90 Å². The van der Waals surface area contributed by atoms with Crippen LogP contribution in [0.3, 0.4) is 0 Å². The minimum Gasteiger partial charge on any atom is -0.481 e. The SMILES string of the molecule is CCN(CCC(=O)O)C(=O)CCN1C(=O)c2ccccc2C1=O. The molecule has 3 amide bonds. The second-order valence-corrected chi connectivity index (χ2v) is 5.17. The maximum absolute atomic E-state index is 12.2. The smallest absolute Gasteiger partial charge is 0.305 e. The lowest BCUT2D eigenvalue weighted by molar-refractivity contribution is -0.138. The van der Waals surface area contributed by atoms with E-state index in [-0.39, 0.29) is 31.8 Å². The number of imide groups is 1. The van der Waals surface area contributed by atoms with Crippen LogP contribution in [0.15, 0.2) is 24.3 Å². The second-order valence-electron chi connectivity index (χ2n) is 5.17. The number of amides is 3. The quantitative estimate of drug-likeness (QED) is 0.757. The third kappa shape index (κ3) is 3.56. The van der Waals surface area contributed by atoms with Gasteiger partial charge in [-0.1, -0.05) is 12.1 Å². The third-order valence-corrected chi connectivity index (χ3v) is 3.76. The molecule has 23 heavy (non-hydrogen) atoms. The van der Waals surface area contributed by atoms with Gasteiger partial charge in [-0.2, -0.15) is 0 Å². The topological polar surface area (TPSA) is 95.0 Å². The van der Waals surface area contributed by atoms with E-state index in [2.05, 4.69) is 0 Å². The number of rotatable bonds is 7. The van der Waals surface area contributed by atoms with E-state index >= 15 is 0 Å². The van der Waals surface area contributed by atoms with Crippen molar-refractivity contribution in [2.45, 2.75) is 19.8 Å². The molecular weight excluding hydrogens is 300 g/mol. The highest BCUT2D eigenvalue weighted by Crippen LogP contribution is 2.22. The highest BCUT2D eigenvalue weighted by Gasteiger charge is 2.35. The molecule has 7 heteroatoms. The molecule has 1 aliphatic heterocycles.